The van der Waals surface area contributed by atoms with E-state index in [2.05, 4.69) is 15.4 Å². The monoisotopic (exact) mass is 560 g/mol. The van der Waals surface area contributed by atoms with Gasteiger partial charge in [0.2, 0.25) is 12.3 Å². The van der Waals surface area contributed by atoms with Crippen LogP contribution in [0.5, 0.6) is 5.75 Å². The maximum absolute atomic E-state index is 12.8. The molecule has 3 N–H and O–H groups in total. The number of sulfone groups is 1. The molecule has 3 aromatic carbocycles. The van der Waals surface area contributed by atoms with Gasteiger partial charge in [0.25, 0.3) is 0 Å². The van der Waals surface area contributed by atoms with Gasteiger partial charge in [-0.3, -0.25) is 9.59 Å². The van der Waals surface area contributed by atoms with Crippen LogP contribution in [0.3, 0.4) is 0 Å². The number of amides is 2. The zero-order valence-corrected chi connectivity index (χ0v) is 22.9. The lowest BCUT2D eigenvalue weighted by Gasteiger charge is -2.17. The molecule has 0 aliphatic heterocycles. The van der Waals surface area contributed by atoms with Crippen molar-refractivity contribution in [1.82, 2.24) is 0 Å². The number of hydrogen-bond acceptors (Lipinski definition) is 7. The van der Waals surface area contributed by atoms with Gasteiger partial charge in [-0.2, -0.15) is 0 Å². The summed E-state index contributed by atoms with van der Waals surface area (Å²) in [4.78, 5) is 34.1. The Bertz CT molecular complexity index is 1410. The number of esters is 1. The molecule has 3 aromatic rings. The first-order valence-corrected chi connectivity index (χ1v) is 13.4. The molecule has 0 saturated heterocycles. The molecular weight excluding hydrogens is 532 g/mol. The summed E-state index contributed by atoms with van der Waals surface area (Å²) in [6, 6.07) is 16.0. The molecule has 0 spiro atoms. The Morgan fingerprint density at radius 3 is 2.24 bits per heavy atom. The fraction of sp³-hybridized carbons (Fsp3) is 0.222. The molecule has 1 atom stereocenters. The number of carbonyl (C=O) groups is 3. The Hall–Kier alpha value is -3.89. The fourth-order valence-electron chi connectivity index (χ4n) is 3.36. The van der Waals surface area contributed by atoms with E-state index in [1.807, 2.05) is 19.1 Å². The zero-order chi connectivity index (χ0) is 28.5. The first-order valence-electron chi connectivity index (χ1n) is 11.4. The Kier molecular flexibility index (Phi) is 10.9. The van der Waals surface area contributed by atoms with E-state index in [0.717, 1.165) is 17.2 Å². The summed E-state index contributed by atoms with van der Waals surface area (Å²) < 4.78 is 30.2. The normalized spacial score (nSPS) is 11.4. The van der Waals surface area contributed by atoms with Crippen LogP contribution in [-0.2, 0) is 24.2 Å². The minimum atomic E-state index is -3.91. The standard InChI is InChI=1S/C18H19ClN2O5S.C9H10O2/c1-3-17(27(25,26)12-6-4-5-11(2)7-12)18(24)21-14-9-16(23)15(20-10-22)8-13(14)19;1-7-3-5-8(6-4-7)9(10)11-2/h4-10,17,23H,3H2,1-2H3,(H,20,22)(H,21,24);3-6H,1-2H3. The second-order valence-corrected chi connectivity index (χ2v) is 10.8. The Morgan fingerprint density at radius 1 is 1.03 bits per heavy atom. The van der Waals surface area contributed by atoms with Crippen LogP contribution in [0.1, 0.15) is 34.8 Å². The summed E-state index contributed by atoms with van der Waals surface area (Å²) in [5, 5.41) is 13.3. The van der Waals surface area contributed by atoms with Gasteiger partial charge in [0, 0.05) is 6.07 Å². The van der Waals surface area contributed by atoms with Crippen molar-refractivity contribution in [2.45, 2.75) is 37.3 Å². The molecule has 38 heavy (non-hydrogen) atoms. The number of hydrogen-bond donors (Lipinski definition) is 3. The van der Waals surface area contributed by atoms with Crippen molar-refractivity contribution in [3.8, 4) is 5.75 Å². The van der Waals surface area contributed by atoms with Crippen LogP contribution >= 0.6 is 11.6 Å². The van der Waals surface area contributed by atoms with Crippen molar-refractivity contribution in [1.29, 1.82) is 0 Å². The third-order valence-electron chi connectivity index (χ3n) is 5.39. The average Bonchev–Trinajstić information content (AvgIpc) is 2.87. The van der Waals surface area contributed by atoms with Crippen molar-refractivity contribution in [2.75, 3.05) is 17.7 Å². The van der Waals surface area contributed by atoms with Crippen molar-refractivity contribution < 1.29 is 32.6 Å². The Labute approximate surface area is 226 Å². The van der Waals surface area contributed by atoms with E-state index in [1.165, 1.54) is 25.3 Å². The summed E-state index contributed by atoms with van der Waals surface area (Å²) in [6.07, 6.45) is 0.418. The smallest absolute Gasteiger partial charge is 0.337 e. The molecule has 0 heterocycles. The summed E-state index contributed by atoms with van der Waals surface area (Å²) in [5.74, 6) is -1.38. The van der Waals surface area contributed by atoms with Gasteiger partial charge >= 0.3 is 5.97 Å². The molecule has 0 aliphatic carbocycles. The molecule has 0 aliphatic rings. The summed E-state index contributed by atoms with van der Waals surface area (Å²) in [7, 11) is -2.53. The van der Waals surface area contributed by atoms with E-state index in [0.29, 0.717) is 12.0 Å². The molecular formula is C27H29ClN2O7S. The highest BCUT2D eigenvalue weighted by atomic mass is 35.5. The molecule has 0 fully saturated rings. The van der Waals surface area contributed by atoms with Crippen LogP contribution in [0.25, 0.3) is 0 Å². The minimum absolute atomic E-state index is 0.0355. The lowest BCUT2D eigenvalue weighted by molar-refractivity contribution is -0.115. The maximum Gasteiger partial charge on any atom is 0.337 e. The highest BCUT2D eigenvalue weighted by molar-refractivity contribution is 7.92. The lowest BCUT2D eigenvalue weighted by Crippen LogP contribution is -2.34. The van der Waals surface area contributed by atoms with E-state index >= 15 is 0 Å². The average molecular weight is 561 g/mol. The van der Waals surface area contributed by atoms with Gasteiger partial charge in [-0.25, -0.2) is 13.2 Å². The van der Waals surface area contributed by atoms with Crippen LogP contribution in [0.4, 0.5) is 11.4 Å². The number of anilines is 2. The Balaban J connectivity index is 0.000000384. The topological polar surface area (TPSA) is 139 Å². The van der Waals surface area contributed by atoms with Crippen molar-refractivity contribution >= 4 is 51.1 Å². The zero-order valence-electron chi connectivity index (χ0n) is 21.3. The largest absolute Gasteiger partial charge is 0.506 e. The highest BCUT2D eigenvalue weighted by Gasteiger charge is 2.33. The predicted molar refractivity (Wildman–Crippen MR) is 146 cm³/mol. The van der Waals surface area contributed by atoms with Crippen LogP contribution in [0, 0.1) is 13.8 Å². The van der Waals surface area contributed by atoms with E-state index in [9.17, 15) is 27.9 Å². The van der Waals surface area contributed by atoms with Crippen LogP contribution in [0.15, 0.2) is 65.6 Å². The number of nitrogens with one attached hydrogen (secondary N) is 2. The molecule has 3 rings (SSSR count). The quantitative estimate of drug-likeness (QED) is 0.202. The molecule has 9 nitrogen and oxygen atoms in total. The van der Waals surface area contributed by atoms with Crippen LogP contribution in [-0.4, -0.2) is 44.2 Å². The number of halogens is 1. The van der Waals surface area contributed by atoms with Gasteiger partial charge in [0.05, 0.1) is 34.0 Å². The van der Waals surface area contributed by atoms with Crippen molar-refractivity contribution in [3.05, 3.63) is 82.4 Å². The van der Waals surface area contributed by atoms with Crippen molar-refractivity contribution in [2.24, 2.45) is 0 Å². The number of ether oxygens (including phenoxy) is 1. The Morgan fingerprint density at radius 2 is 1.68 bits per heavy atom. The summed E-state index contributed by atoms with van der Waals surface area (Å²) in [6.45, 7) is 5.33. The molecule has 0 aromatic heterocycles. The van der Waals surface area contributed by atoms with E-state index in [-0.39, 0.29) is 39.4 Å². The third-order valence-corrected chi connectivity index (χ3v) is 7.91. The van der Waals surface area contributed by atoms with Gasteiger partial charge in [-0.05, 0) is 56.2 Å². The number of benzene rings is 3. The van der Waals surface area contributed by atoms with Gasteiger partial charge in [-0.1, -0.05) is 48.4 Å². The van der Waals surface area contributed by atoms with E-state index < -0.39 is 21.0 Å². The minimum Gasteiger partial charge on any atom is -0.506 e. The number of phenols is 1. The molecule has 0 radical (unpaired) electrons. The van der Waals surface area contributed by atoms with Gasteiger partial charge < -0.3 is 20.5 Å². The van der Waals surface area contributed by atoms with Gasteiger partial charge in [0.15, 0.2) is 9.84 Å². The fourth-order valence-corrected chi connectivity index (χ4v) is 5.30. The second-order valence-electron chi connectivity index (χ2n) is 8.22. The van der Waals surface area contributed by atoms with E-state index in [4.69, 9.17) is 11.6 Å². The first kappa shape index (κ1) is 30.3. The number of carbonyl (C=O) groups excluding carboxylic acids is 3. The van der Waals surface area contributed by atoms with Crippen LogP contribution in [0.2, 0.25) is 5.02 Å². The molecule has 0 bridgehead atoms. The summed E-state index contributed by atoms with van der Waals surface area (Å²) >= 11 is 6.05. The lowest BCUT2D eigenvalue weighted by atomic mass is 10.2. The molecule has 0 saturated carbocycles. The second kappa shape index (κ2) is 13.6. The number of aromatic hydroxyl groups is 1. The molecule has 1 unspecified atom stereocenters. The molecule has 11 heteroatoms. The number of methoxy groups -OCH3 is 1. The molecule has 2 amide bonds. The summed E-state index contributed by atoms with van der Waals surface area (Å²) in [5.41, 5.74) is 2.59. The predicted octanol–water partition coefficient (Wildman–Crippen LogP) is 4.89. The number of aryl methyl sites for hydroxylation is 2. The maximum atomic E-state index is 12.8. The number of rotatable bonds is 8. The van der Waals surface area contributed by atoms with Crippen LogP contribution < -0.4 is 10.6 Å². The highest BCUT2D eigenvalue weighted by Crippen LogP contribution is 2.34. The van der Waals surface area contributed by atoms with Gasteiger partial charge in [-0.15, -0.1) is 0 Å². The van der Waals surface area contributed by atoms with Gasteiger partial charge in [0.1, 0.15) is 11.0 Å². The number of phenolic OH excluding ortho intramolecular Hbond substituents is 1. The molecule has 202 valence electrons. The first-order chi connectivity index (χ1) is 17.9. The van der Waals surface area contributed by atoms with E-state index in [1.54, 1.807) is 38.1 Å². The third kappa shape index (κ3) is 7.80. The SMILES string of the molecule is CCC(C(=O)Nc1cc(O)c(NC=O)cc1Cl)S(=O)(=O)c1cccc(C)c1.COC(=O)c1ccc(C)cc1. The van der Waals surface area contributed by atoms with Crippen molar-refractivity contribution in [3.63, 3.8) is 0 Å².